The lowest BCUT2D eigenvalue weighted by molar-refractivity contribution is -0.138. The number of aliphatic carboxylic acids is 1. The highest BCUT2D eigenvalue weighted by atomic mass is 32.1. The smallest absolute Gasteiger partial charge is 0.317 e. The molecular weight excluding hydrogens is 212 g/mol. The number of carboxylic acids is 1. The van der Waals surface area contributed by atoms with E-state index in [2.05, 4.69) is 11.6 Å². The van der Waals surface area contributed by atoms with E-state index in [-0.39, 0.29) is 6.54 Å². The highest BCUT2D eigenvalue weighted by Gasteiger charge is 2.10. The van der Waals surface area contributed by atoms with Crippen LogP contribution < -0.4 is 0 Å². The van der Waals surface area contributed by atoms with Crippen molar-refractivity contribution in [1.29, 1.82) is 0 Å². The third-order valence-corrected chi connectivity index (χ3v) is 2.67. The largest absolute Gasteiger partial charge is 0.480 e. The summed E-state index contributed by atoms with van der Waals surface area (Å²) >= 11 is 1.59. The molecule has 0 amide bonds. The van der Waals surface area contributed by atoms with Crippen LogP contribution in [0.2, 0.25) is 0 Å². The van der Waals surface area contributed by atoms with Crippen LogP contribution in [0.25, 0.3) is 0 Å². The van der Waals surface area contributed by atoms with Crippen LogP contribution in [0.15, 0.2) is 18.9 Å². The number of carboxylic acid groups (broad SMARTS) is 1. The lowest BCUT2D eigenvalue weighted by Gasteiger charge is -2.16. The molecule has 1 rings (SSSR count). The molecule has 1 N–H and O–H groups in total. The van der Waals surface area contributed by atoms with Gasteiger partial charge in [-0.15, -0.1) is 17.9 Å². The molecule has 0 bridgehead atoms. The van der Waals surface area contributed by atoms with Gasteiger partial charge in [-0.2, -0.15) is 0 Å². The summed E-state index contributed by atoms with van der Waals surface area (Å²) in [6.07, 6.45) is 3.50. The number of nitrogens with zero attached hydrogens (tertiary/aromatic N) is 2. The highest BCUT2D eigenvalue weighted by molar-refractivity contribution is 7.11. The Kier molecular flexibility index (Phi) is 4.45. The molecule has 1 aromatic heterocycles. The Morgan fingerprint density at radius 3 is 3.00 bits per heavy atom. The van der Waals surface area contributed by atoms with Gasteiger partial charge in [0.2, 0.25) is 0 Å². The Bertz CT molecular complexity index is 349. The predicted molar refractivity (Wildman–Crippen MR) is 60.0 cm³/mol. The van der Waals surface area contributed by atoms with Crippen LogP contribution >= 0.6 is 11.3 Å². The second kappa shape index (κ2) is 5.63. The molecule has 0 saturated heterocycles. The monoisotopic (exact) mass is 226 g/mol. The molecule has 0 aliphatic rings. The van der Waals surface area contributed by atoms with Crippen LogP contribution in [-0.2, 0) is 11.3 Å². The van der Waals surface area contributed by atoms with E-state index in [1.807, 2.05) is 6.92 Å². The van der Waals surface area contributed by atoms with Crippen molar-refractivity contribution in [3.05, 3.63) is 28.7 Å². The van der Waals surface area contributed by atoms with E-state index in [0.717, 1.165) is 9.88 Å². The number of aryl methyl sites for hydroxylation is 1. The Hall–Kier alpha value is -1.20. The summed E-state index contributed by atoms with van der Waals surface area (Å²) in [5, 5.41) is 9.64. The maximum Gasteiger partial charge on any atom is 0.317 e. The van der Waals surface area contributed by atoms with Crippen LogP contribution in [0.4, 0.5) is 0 Å². The van der Waals surface area contributed by atoms with E-state index in [4.69, 9.17) is 5.11 Å². The Labute approximate surface area is 92.9 Å². The van der Waals surface area contributed by atoms with Gasteiger partial charge in [0.25, 0.3) is 0 Å². The molecule has 1 aromatic rings. The molecular formula is C10H14N2O2S. The molecule has 5 heteroatoms. The van der Waals surface area contributed by atoms with Crippen LogP contribution in [0.3, 0.4) is 0 Å². The van der Waals surface area contributed by atoms with E-state index in [0.29, 0.717) is 13.1 Å². The van der Waals surface area contributed by atoms with Gasteiger partial charge in [-0.1, -0.05) is 6.08 Å². The van der Waals surface area contributed by atoms with Gasteiger partial charge in [0.15, 0.2) is 0 Å². The average Bonchev–Trinajstić information content (AvgIpc) is 2.50. The molecule has 0 fully saturated rings. The third-order valence-electron chi connectivity index (χ3n) is 1.77. The zero-order valence-electron chi connectivity index (χ0n) is 8.64. The van der Waals surface area contributed by atoms with Crippen LogP contribution in [0, 0.1) is 6.92 Å². The van der Waals surface area contributed by atoms with Crippen molar-refractivity contribution >= 4 is 17.3 Å². The molecule has 0 aliphatic carbocycles. The van der Waals surface area contributed by atoms with E-state index in [1.54, 1.807) is 28.5 Å². The predicted octanol–water partition coefficient (Wildman–Crippen LogP) is 1.52. The highest BCUT2D eigenvalue weighted by Crippen LogP contribution is 2.13. The topological polar surface area (TPSA) is 53.4 Å². The number of hydrogen-bond donors (Lipinski definition) is 1. The van der Waals surface area contributed by atoms with Gasteiger partial charge >= 0.3 is 5.97 Å². The summed E-state index contributed by atoms with van der Waals surface area (Å²) in [6, 6.07) is 0. The van der Waals surface area contributed by atoms with E-state index in [9.17, 15) is 4.79 Å². The summed E-state index contributed by atoms with van der Waals surface area (Å²) < 4.78 is 0. The number of carbonyl (C=O) groups is 1. The number of aromatic nitrogens is 1. The fourth-order valence-electron chi connectivity index (χ4n) is 1.22. The van der Waals surface area contributed by atoms with Gasteiger partial charge in [0, 0.05) is 17.6 Å². The number of hydrogen-bond acceptors (Lipinski definition) is 4. The molecule has 4 nitrogen and oxygen atoms in total. The SMILES string of the molecule is C=CCN(CC(=O)O)Cc1ncc(C)s1. The number of thiazole rings is 1. The lowest BCUT2D eigenvalue weighted by atomic mass is 10.4. The van der Waals surface area contributed by atoms with Crippen molar-refractivity contribution in [2.75, 3.05) is 13.1 Å². The summed E-state index contributed by atoms with van der Waals surface area (Å²) in [4.78, 5) is 17.7. The molecule has 1 heterocycles. The first-order chi connectivity index (χ1) is 7.11. The quantitative estimate of drug-likeness (QED) is 0.747. The average molecular weight is 226 g/mol. The van der Waals surface area contributed by atoms with E-state index < -0.39 is 5.97 Å². The van der Waals surface area contributed by atoms with Gasteiger partial charge in [-0.05, 0) is 6.92 Å². The molecule has 0 saturated carbocycles. The second-order valence-corrected chi connectivity index (χ2v) is 4.54. The minimum absolute atomic E-state index is 0.0185. The van der Waals surface area contributed by atoms with Crippen LogP contribution in [0.1, 0.15) is 9.88 Å². The first-order valence-corrected chi connectivity index (χ1v) is 5.40. The second-order valence-electron chi connectivity index (χ2n) is 3.22. The minimum Gasteiger partial charge on any atom is -0.480 e. The van der Waals surface area contributed by atoms with Gasteiger partial charge in [-0.3, -0.25) is 9.69 Å². The minimum atomic E-state index is -0.829. The van der Waals surface area contributed by atoms with Gasteiger partial charge in [-0.25, -0.2) is 4.98 Å². The Balaban J connectivity index is 2.57. The van der Waals surface area contributed by atoms with Gasteiger partial charge in [0.05, 0.1) is 13.1 Å². The zero-order valence-corrected chi connectivity index (χ0v) is 9.46. The summed E-state index contributed by atoms with van der Waals surface area (Å²) in [5.41, 5.74) is 0. The molecule has 0 aliphatic heterocycles. The van der Waals surface area contributed by atoms with Crippen molar-refractivity contribution in [2.45, 2.75) is 13.5 Å². The lowest BCUT2D eigenvalue weighted by Crippen LogP contribution is -2.29. The van der Waals surface area contributed by atoms with E-state index in [1.165, 1.54) is 0 Å². The first kappa shape index (κ1) is 11.9. The molecule has 0 aromatic carbocycles. The van der Waals surface area contributed by atoms with Gasteiger partial charge < -0.3 is 5.11 Å². The molecule has 82 valence electrons. The summed E-state index contributed by atoms with van der Waals surface area (Å²) in [5.74, 6) is -0.829. The zero-order chi connectivity index (χ0) is 11.3. The summed E-state index contributed by atoms with van der Waals surface area (Å²) in [6.45, 7) is 6.73. The molecule has 0 spiro atoms. The van der Waals surface area contributed by atoms with Crippen molar-refractivity contribution in [2.24, 2.45) is 0 Å². The normalized spacial score (nSPS) is 10.5. The van der Waals surface area contributed by atoms with Crippen LogP contribution in [0.5, 0.6) is 0 Å². The standard InChI is InChI=1S/C10H14N2O2S/c1-3-4-12(7-10(13)14)6-9-11-5-8(2)15-9/h3,5H,1,4,6-7H2,2H3,(H,13,14). The maximum absolute atomic E-state index is 10.6. The molecule has 0 atom stereocenters. The molecule has 0 unspecified atom stereocenters. The Morgan fingerprint density at radius 1 is 1.80 bits per heavy atom. The van der Waals surface area contributed by atoms with Crippen LogP contribution in [-0.4, -0.2) is 34.0 Å². The van der Waals surface area contributed by atoms with Crippen molar-refractivity contribution in [3.8, 4) is 0 Å². The fourth-order valence-corrected chi connectivity index (χ4v) is 2.05. The third kappa shape index (κ3) is 4.22. The van der Waals surface area contributed by atoms with Crippen molar-refractivity contribution < 1.29 is 9.90 Å². The first-order valence-electron chi connectivity index (χ1n) is 4.58. The molecule has 15 heavy (non-hydrogen) atoms. The number of rotatable bonds is 6. The maximum atomic E-state index is 10.6. The van der Waals surface area contributed by atoms with Crippen molar-refractivity contribution in [3.63, 3.8) is 0 Å². The fraction of sp³-hybridized carbons (Fsp3) is 0.400. The summed E-state index contributed by atoms with van der Waals surface area (Å²) in [7, 11) is 0. The Morgan fingerprint density at radius 2 is 2.53 bits per heavy atom. The van der Waals surface area contributed by atoms with Crippen molar-refractivity contribution in [1.82, 2.24) is 9.88 Å². The molecule has 0 radical (unpaired) electrons. The van der Waals surface area contributed by atoms with Gasteiger partial charge in [0.1, 0.15) is 5.01 Å². The van der Waals surface area contributed by atoms with E-state index >= 15 is 0 Å².